The normalized spacial score (nSPS) is 27.2. The Kier molecular flexibility index (Phi) is 4.10. The van der Waals surface area contributed by atoms with Crippen LogP contribution in [0.5, 0.6) is 0 Å². The Morgan fingerprint density at radius 1 is 1.44 bits per heavy atom. The summed E-state index contributed by atoms with van der Waals surface area (Å²) in [7, 11) is 0. The molecular formula is C14H18BrFOS. The maximum absolute atomic E-state index is 13.9. The second kappa shape index (κ2) is 5.14. The van der Waals surface area contributed by atoms with E-state index >= 15 is 0 Å². The first-order valence-corrected chi connectivity index (χ1v) is 8.03. The van der Waals surface area contributed by atoms with Crippen LogP contribution in [0.15, 0.2) is 22.7 Å². The van der Waals surface area contributed by atoms with Gasteiger partial charge in [-0.05, 0) is 35.3 Å². The van der Waals surface area contributed by atoms with Gasteiger partial charge in [0.1, 0.15) is 5.82 Å². The van der Waals surface area contributed by atoms with E-state index in [0.717, 1.165) is 16.6 Å². The molecule has 0 saturated carbocycles. The van der Waals surface area contributed by atoms with Crippen LogP contribution in [0.25, 0.3) is 0 Å². The maximum atomic E-state index is 13.9. The van der Waals surface area contributed by atoms with Crippen molar-refractivity contribution in [2.75, 3.05) is 11.5 Å². The average Bonchev–Trinajstić information content (AvgIpc) is 2.27. The third-order valence-corrected chi connectivity index (χ3v) is 5.64. The molecule has 1 saturated heterocycles. The van der Waals surface area contributed by atoms with Crippen LogP contribution < -0.4 is 0 Å². The van der Waals surface area contributed by atoms with E-state index in [2.05, 4.69) is 29.8 Å². The zero-order valence-electron chi connectivity index (χ0n) is 10.7. The highest BCUT2D eigenvalue weighted by molar-refractivity contribution is 9.10. The Hall–Kier alpha value is -0.0600. The first-order valence-electron chi connectivity index (χ1n) is 6.08. The Balaban J connectivity index is 2.26. The lowest BCUT2D eigenvalue weighted by Crippen LogP contribution is -2.51. The molecule has 4 heteroatoms. The van der Waals surface area contributed by atoms with Gasteiger partial charge in [0.05, 0.1) is 5.60 Å². The van der Waals surface area contributed by atoms with E-state index < -0.39 is 5.60 Å². The van der Waals surface area contributed by atoms with Crippen molar-refractivity contribution in [1.82, 2.24) is 0 Å². The number of hydrogen-bond acceptors (Lipinski definition) is 2. The molecule has 1 aromatic rings. The molecule has 1 nitrogen and oxygen atoms in total. The van der Waals surface area contributed by atoms with Gasteiger partial charge in [-0.3, -0.25) is 0 Å². The van der Waals surface area contributed by atoms with Crippen LogP contribution in [-0.4, -0.2) is 22.2 Å². The van der Waals surface area contributed by atoms with Crippen LogP contribution in [0.4, 0.5) is 4.39 Å². The SMILES string of the molecule is CC1(C)CCSCC1(O)Cc1ccc(Br)cc1F. The summed E-state index contributed by atoms with van der Waals surface area (Å²) in [4.78, 5) is 0. The number of hydrogen-bond donors (Lipinski definition) is 1. The molecule has 0 bridgehead atoms. The minimum Gasteiger partial charge on any atom is -0.388 e. The zero-order valence-corrected chi connectivity index (χ0v) is 13.1. The number of thioether (sulfide) groups is 1. The van der Waals surface area contributed by atoms with E-state index in [1.165, 1.54) is 6.07 Å². The summed E-state index contributed by atoms with van der Waals surface area (Å²) >= 11 is 5.00. The first kappa shape index (κ1) is 14.4. The molecule has 1 atom stereocenters. The molecule has 1 aliphatic heterocycles. The number of benzene rings is 1. The van der Waals surface area contributed by atoms with Crippen molar-refractivity contribution in [3.63, 3.8) is 0 Å². The van der Waals surface area contributed by atoms with Crippen molar-refractivity contribution in [1.29, 1.82) is 0 Å². The molecule has 0 aliphatic carbocycles. The molecule has 0 aromatic heterocycles. The number of aliphatic hydroxyl groups is 1. The van der Waals surface area contributed by atoms with Gasteiger partial charge in [0.2, 0.25) is 0 Å². The second-order valence-electron chi connectivity index (χ2n) is 5.63. The predicted molar refractivity (Wildman–Crippen MR) is 78.5 cm³/mol. The fraction of sp³-hybridized carbons (Fsp3) is 0.571. The fourth-order valence-corrected chi connectivity index (χ4v) is 4.23. The topological polar surface area (TPSA) is 20.2 Å². The highest BCUT2D eigenvalue weighted by Gasteiger charge is 2.45. The second-order valence-corrected chi connectivity index (χ2v) is 7.65. The molecular weight excluding hydrogens is 315 g/mol. The largest absolute Gasteiger partial charge is 0.388 e. The molecule has 1 aliphatic rings. The summed E-state index contributed by atoms with van der Waals surface area (Å²) in [6, 6.07) is 5.04. The number of rotatable bonds is 2. The van der Waals surface area contributed by atoms with Gasteiger partial charge in [0, 0.05) is 16.6 Å². The minimum atomic E-state index is -0.829. The van der Waals surface area contributed by atoms with Gasteiger partial charge in [0.25, 0.3) is 0 Å². The van der Waals surface area contributed by atoms with Gasteiger partial charge in [-0.2, -0.15) is 11.8 Å². The van der Waals surface area contributed by atoms with Crippen LogP contribution in [0, 0.1) is 11.2 Å². The monoisotopic (exact) mass is 332 g/mol. The molecule has 18 heavy (non-hydrogen) atoms. The highest BCUT2D eigenvalue weighted by atomic mass is 79.9. The molecule has 2 rings (SSSR count). The lowest BCUT2D eigenvalue weighted by atomic mass is 9.70. The third kappa shape index (κ3) is 2.75. The smallest absolute Gasteiger partial charge is 0.127 e. The third-order valence-electron chi connectivity index (χ3n) is 3.97. The van der Waals surface area contributed by atoms with Gasteiger partial charge in [-0.1, -0.05) is 35.8 Å². The molecule has 1 aromatic carbocycles. The minimum absolute atomic E-state index is 0.169. The van der Waals surface area contributed by atoms with Crippen LogP contribution in [0.2, 0.25) is 0 Å². The Bertz CT molecular complexity index is 449. The zero-order chi connectivity index (χ0) is 13.4. The average molecular weight is 333 g/mol. The van der Waals surface area contributed by atoms with Crippen LogP contribution in [0.3, 0.4) is 0 Å². The maximum Gasteiger partial charge on any atom is 0.127 e. The van der Waals surface area contributed by atoms with Crippen molar-refractivity contribution in [2.45, 2.75) is 32.3 Å². The van der Waals surface area contributed by atoms with Gasteiger partial charge < -0.3 is 5.11 Å². The fourth-order valence-electron chi connectivity index (χ4n) is 2.27. The van der Waals surface area contributed by atoms with E-state index in [9.17, 15) is 9.50 Å². The van der Waals surface area contributed by atoms with Crippen LogP contribution in [0.1, 0.15) is 25.8 Å². The predicted octanol–water partition coefficient (Wildman–Crippen LogP) is 4.02. The summed E-state index contributed by atoms with van der Waals surface area (Å²) in [5, 5.41) is 10.8. The molecule has 1 unspecified atom stereocenters. The Morgan fingerprint density at radius 2 is 2.17 bits per heavy atom. The van der Waals surface area contributed by atoms with E-state index in [4.69, 9.17) is 0 Å². The van der Waals surface area contributed by atoms with Crippen molar-refractivity contribution in [2.24, 2.45) is 5.41 Å². The van der Waals surface area contributed by atoms with Gasteiger partial charge in [-0.15, -0.1) is 0 Å². The van der Waals surface area contributed by atoms with Crippen LogP contribution in [-0.2, 0) is 6.42 Å². The van der Waals surface area contributed by atoms with Crippen LogP contribution >= 0.6 is 27.7 Å². The molecule has 1 fully saturated rings. The first-order chi connectivity index (χ1) is 8.34. The molecule has 0 radical (unpaired) electrons. The summed E-state index contributed by atoms with van der Waals surface area (Å²) in [5.41, 5.74) is -0.404. The van der Waals surface area contributed by atoms with E-state index in [1.54, 1.807) is 17.8 Å². The van der Waals surface area contributed by atoms with E-state index in [0.29, 0.717) is 17.7 Å². The van der Waals surface area contributed by atoms with Crippen molar-refractivity contribution in [3.05, 3.63) is 34.1 Å². The van der Waals surface area contributed by atoms with Crippen molar-refractivity contribution in [3.8, 4) is 0 Å². The highest BCUT2D eigenvalue weighted by Crippen LogP contribution is 2.44. The standard InChI is InChI=1S/C14H18BrFOS/c1-13(2)5-6-18-9-14(13,17)8-10-3-4-11(15)7-12(10)16/h3-4,7,17H,5-6,8-9H2,1-2H3. The Labute approximate surface area is 120 Å². The summed E-state index contributed by atoms with van der Waals surface area (Å²) in [6.45, 7) is 4.15. The molecule has 100 valence electrons. The molecule has 1 N–H and O–H groups in total. The van der Waals surface area contributed by atoms with Crippen molar-refractivity contribution >= 4 is 27.7 Å². The van der Waals surface area contributed by atoms with E-state index in [1.807, 2.05) is 6.07 Å². The molecule has 1 heterocycles. The lowest BCUT2D eigenvalue weighted by molar-refractivity contribution is -0.0518. The number of halogens is 2. The summed E-state index contributed by atoms with van der Waals surface area (Å²) in [5.74, 6) is 1.50. The van der Waals surface area contributed by atoms with Crippen molar-refractivity contribution < 1.29 is 9.50 Å². The Morgan fingerprint density at radius 3 is 2.78 bits per heavy atom. The lowest BCUT2D eigenvalue weighted by Gasteiger charge is -2.46. The van der Waals surface area contributed by atoms with Gasteiger partial charge in [0.15, 0.2) is 0 Å². The molecule has 0 spiro atoms. The summed E-state index contributed by atoms with van der Waals surface area (Å²) < 4.78 is 14.6. The van der Waals surface area contributed by atoms with Gasteiger partial charge >= 0.3 is 0 Å². The summed E-state index contributed by atoms with van der Waals surface area (Å²) in [6.07, 6.45) is 1.35. The quantitative estimate of drug-likeness (QED) is 0.882. The molecule has 0 amide bonds. The van der Waals surface area contributed by atoms with Gasteiger partial charge in [-0.25, -0.2) is 4.39 Å². The van der Waals surface area contributed by atoms with E-state index in [-0.39, 0.29) is 11.2 Å².